The van der Waals surface area contributed by atoms with Gasteiger partial charge in [0.1, 0.15) is 0 Å². The molecule has 0 bridgehead atoms. The lowest BCUT2D eigenvalue weighted by Crippen LogP contribution is -2.51. The zero-order valence-corrected chi connectivity index (χ0v) is 19.6. The molecular formula is C28H35N3O2. The van der Waals surface area contributed by atoms with Crippen molar-refractivity contribution < 1.29 is 9.59 Å². The van der Waals surface area contributed by atoms with Crippen LogP contribution in [0.4, 0.5) is 0 Å². The van der Waals surface area contributed by atoms with Gasteiger partial charge in [-0.15, -0.1) is 0 Å². The fourth-order valence-corrected chi connectivity index (χ4v) is 6.34. The number of nitrogens with one attached hydrogen (secondary N) is 1. The number of aromatic nitrogens is 1. The Morgan fingerprint density at radius 1 is 1.06 bits per heavy atom. The molecule has 1 aromatic heterocycles. The first kappa shape index (κ1) is 22.1. The van der Waals surface area contributed by atoms with E-state index in [0.717, 1.165) is 29.5 Å². The van der Waals surface area contributed by atoms with E-state index in [4.69, 9.17) is 0 Å². The summed E-state index contributed by atoms with van der Waals surface area (Å²) in [4.78, 5) is 32.8. The normalized spacial score (nSPS) is 25.7. The second-order valence-corrected chi connectivity index (χ2v) is 10.2. The Hall–Kier alpha value is -2.69. The molecule has 0 spiro atoms. The van der Waals surface area contributed by atoms with E-state index < -0.39 is 5.41 Å². The van der Waals surface area contributed by atoms with Gasteiger partial charge >= 0.3 is 0 Å². The number of carbonyl (C=O) groups excluding carboxylic acids is 2. The topological polar surface area (TPSA) is 62.3 Å². The smallest absolute Gasteiger partial charge is 0.226 e. The molecule has 1 aromatic carbocycles. The van der Waals surface area contributed by atoms with Crippen LogP contribution in [0.5, 0.6) is 0 Å². The number of hydrogen-bond donors (Lipinski definition) is 1. The molecule has 2 saturated carbocycles. The maximum Gasteiger partial charge on any atom is 0.226 e. The third-order valence-corrected chi connectivity index (χ3v) is 8.26. The van der Waals surface area contributed by atoms with Gasteiger partial charge in [-0.3, -0.25) is 14.6 Å². The second kappa shape index (κ2) is 9.28. The van der Waals surface area contributed by atoms with Crippen LogP contribution in [-0.2, 0) is 16.0 Å². The van der Waals surface area contributed by atoms with Crippen molar-refractivity contribution in [1.29, 1.82) is 0 Å². The highest BCUT2D eigenvalue weighted by Gasteiger charge is 2.56. The van der Waals surface area contributed by atoms with E-state index in [2.05, 4.69) is 45.5 Å². The number of benzene rings is 1. The van der Waals surface area contributed by atoms with Crippen molar-refractivity contribution in [1.82, 2.24) is 15.2 Å². The summed E-state index contributed by atoms with van der Waals surface area (Å²) in [6.45, 7) is 3.98. The minimum absolute atomic E-state index is 0.129. The fraction of sp³-hybridized carbons (Fsp3) is 0.536. The van der Waals surface area contributed by atoms with Crippen molar-refractivity contribution in [2.45, 2.75) is 51.9 Å². The number of nitrogens with zero attached hydrogens (tertiary/aromatic N) is 2. The molecule has 2 aliphatic carbocycles. The molecule has 2 amide bonds. The Morgan fingerprint density at radius 2 is 1.79 bits per heavy atom. The number of carbonyl (C=O) groups is 2. The zero-order valence-electron chi connectivity index (χ0n) is 19.6. The van der Waals surface area contributed by atoms with Crippen LogP contribution in [0.25, 0.3) is 11.1 Å². The highest BCUT2D eigenvalue weighted by molar-refractivity contribution is 5.85. The van der Waals surface area contributed by atoms with E-state index in [1.165, 1.54) is 25.7 Å². The van der Waals surface area contributed by atoms with Gasteiger partial charge in [0, 0.05) is 37.9 Å². The van der Waals surface area contributed by atoms with Gasteiger partial charge in [0.25, 0.3) is 0 Å². The molecule has 0 unspecified atom stereocenters. The van der Waals surface area contributed by atoms with Crippen LogP contribution < -0.4 is 5.32 Å². The zero-order chi connectivity index (χ0) is 22.8. The summed E-state index contributed by atoms with van der Waals surface area (Å²) in [7, 11) is 0. The van der Waals surface area contributed by atoms with Crippen LogP contribution in [0.1, 0.15) is 51.0 Å². The number of likely N-dealkylation sites (tertiary alicyclic amines) is 1. The second-order valence-electron chi connectivity index (χ2n) is 10.2. The first-order valence-electron chi connectivity index (χ1n) is 12.7. The lowest BCUT2D eigenvalue weighted by Gasteiger charge is -2.41. The summed E-state index contributed by atoms with van der Waals surface area (Å²) in [5, 5.41) is 3.09. The Labute approximate surface area is 197 Å². The third-order valence-electron chi connectivity index (χ3n) is 8.26. The molecule has 1 N–H and O–H groups in total. The molecule has 3 fully saturated rings. The SMILES string of the molecule is CCNC(=O)C1(Cc2cccc(-c3cccnc3)c2)CCN(C(=O)C2[C@H]3CCCC[C@H]23)CC1. The quantitative estimate of drug-likeness (QED) is 0.713. The predicted octanol–water partition coefficient (Wildman–Crippen LogP) is 4.47. The van der Waals surface area contributed by atoms with E-state index in [9.17, 15) is 9.59 Å². The number of rotatable bonds is 6. The Balaban J connectivity index is 1.30. The first-order valence-corrected chi connectivity index (χ1v) is 12.7. The standard InChI is InChI=1S/C28H35N3O2/c1-2-30-27(33)28(18-20-7-5-8-21(17-20)22-9-6-14-29-19-22)12-15-31(16-13-28)26(32)25-23-10-3-4-11-24(23)25/h5-9,14,17,19,23-25H,2-4,10-13,15-16,18H2,1H3,(H,30,33)/t23-,24-/m0/s1. The molecule has 3 aliphatic rings. The van der Waals surface area contributed by atoms with Gasteiger partial charge in [-0.1, -0.05) is 43.2 Å². The number of amides is 2. The molecule has 1 aliphatic heterocycles. The van der Waals surface area contributed by atoms with Gasteiger partial charge in [-0.05, 0) is 73.6 Å². The average molecular weight is 446 g/mol. The van der Waals surface area contributed by atoms with Crippen molar-refractivity contribution in [3.05, 3.63) is 54.4 Å². The molecule has 0 radical (unpaired) electrons. The van der Waals surface area contributed by atoms with Crippen LogP contribution in [0.2, 0.25) is 0 Å². The summed E-state index contributed by atoms with van der Waals surface area (Å²) < 4.78 is 0. The predicted molar refractivity (Wildman–Crippen MR) is 129 cm³/mol. The Morgan fingerprint density at radius 3 is 2.45 bits per heavy atom. The van der Waals surface area contributed by atoms with Crippen LogP contribution in [-0.4, -0.2) is 41.3 Å². The molecule has 5 nitrogen and oxygen atoms in total. The van der Waals surface area contributed by atoms with Gasteiger partial charge in [-0.25, -0.2) is 0 Å². The molecule has 1 saturated heterocycles. The van der Waals surface area contributed by atoms with E-state index in [0.29, 0.717) is 43.8 Å². The monoisotopic (exact) mass is 445 g/mol. The molecule has 5 rings (SSSR count). The molecule has 174 valence electrons. The van der Waals surface area contributed by atoms with Crippen LogP contribution in [0.15, 0.2) is 48.8 Å². The fourth-order valence-electron chi connectivity index (χ4n) is 6.34. The highest BCUT2D eigenvalue weighted by Crippen LogP contribution is 2.56. The lowest BCUT2D eigenvalue weighted by atomic mass is 9.72. The van der Waals surface area contributed by atoms with Gasteiger partial charge < -0.3 is 10.2 Å². The largest absolute Gasteiger partial charge is 0.356 e. The number of hydrogen-bond acceptors (Lipinski definition) is 3. The number of fused-ring (bicyclic) bond motifs is 1. The molecule has 2 heterocycles. The third kappa shape index (κ3) is 4.42. The maximum absolute atomic E-state index is 13.3. The van der Waals surface area contributed by atoms with Crippen LogP contribution in [0, 0.1) is 23.2 Å². The highest BCUT2D eigenvalue weighted by atomic mass is 16.2. The summed E-state index contributed by atoms with van der Waals surface area (Å²) in [5.41, 5.74) is 2.90. The average Bonchev–Trinajstić information content (AvgIpc) is 3.59. The lowest BCUT2D eigenvalue weighted by molar-refractivity contribution is -0.141. The van der Waals surface area contributed by atoms with Crippen molar-refractivity contribution in [2.75, 3.05) is 19.6 Å². The summed E-state index contributed by atoms with van der Waals surface area (Å²) in [5.74, 6) is 2.02. The molecule has 2 atom stereocenters. The minimum atomic E-state index is -0.462. The minimum Gasteiger partial charge on any atom is -0.356 e. The molecular weight excluding hydrogens is 410 g/mol. The van der Waals surface area contributed by atoms with Crippen LogP contribution in [0.3, 0.4) is 0 Å². The molecule has 33 heavy (non-hydrogen) atoms. The van der Waals surface area contributed by atoms with Crippen LogP contribution >= 0.6 is 0 Å². The van der Waals surface area contributed by atoms with Gasteiger partial charge in [-0.2, -0.15) is 0 Å². The van der Waals surface area contributed by atoms with Gasteiger partial charge in [0.05, 0.1) is 5.41 Å². The van der Waals surface area contributed by atoms with E-state index in [1.807, 2.05) is 19.2 Å². The Kier molecular flexibility index (Phi) is 6.22. The summed E-state index contributed by atoms with van der Waals surface area (Å²) >= 11 is 0. The van der Waals surface area contributed by atoms with Crippen molar-refractivity contribution in [2.24, 2.45) is 23.2 Å². The summed E-state index contributed by atoms with van der Waals surface area (Å²) in [6.07, 6.45) is 10.8. The Bertz CT molecular complexity index is 985. The van der Waals surface area contributed by atoms with Gasteiger partial charge in [0.15, 0.2) is 0 Å². The number of pyridine rings is 1. The maximum atomic E-state index is 13.3. The first-order chi connectivity index (χ1) is 16.1. The summed E-state index contributed by atoms with van der Waals surface area (Å²) in [6, 6.07) is 12.5. The van der Waals surface area contributed by atoms with Crippen molar-refractivity contribution in [3.8, 4) is 11.1 Å². The van der Waals surface area contributed by atoms with E-state index in [1.54, 1.807) is 6.20 Å². The van der Waals surface area contributed by atoms with E-state index in [-0.39, 0.29) is 11.8 Å². The molecule has 5 heteroatoms. The van der Waals surface area contributed by atoms with E-state index >= 15 is 0 Å². The van der Waals surface area contributed by atoms with Crippen molar-refractivity contribution in [3.63, 3.8) is 0 Å². The number of piperidine rings is 1. The van der Waals surface area contributed by atoms with Crippen molar-refractivity contribution >= 4 is 11.8 Å². The van der Waals surface area contributed by atoms with Gasteiger partial charge in [0.2, 0.25) is 11.8 Å². The molecule has 2 aromatic rings.